The Bertz CT molecular complexity index is 424. The third kappa shape index (κ3) is 2.79. The van der Waals surface area contributed by atoms with E-state index in [1.54, 1.807) is 7.11 Å². The van der Waals surface area contributed by atoms with E-state index in [0.29, 0.717) is 5.02 Å². The zero-order valence-electron chi connectivity index (χ0n) is 10.9. The minimum absolute atomic E-state index is 0.0236. The van der Waals surface area contributed by atoms with Gasteiger partial charge in [-0.2, -0.15) is 0 Å². The summed E-state index contributed by atoms with van der Waals surface area (Å²) in [4.78, 5) is 2.26. The summed E-state index contributed by atoms with van der Waals surface area (Å²) in [6.45, 7) is 4.00. The molecule has 1 aromatic carbocycles. The van der Waals surface area contributed by atoms with Crippen LogP contribution in [0.4, 0.5) is 5.69 Å². The Morgan fingerprint density at radius 3 is 2.89 bits per heavy atom. The van der Waals surface area contributed by atoms with Crippen molar-refractivity contribution in [3.63, 3.8) is 0 Å². The van der Waals surface area contributed by atoms with Crippen LogP contribution in [0, 0.1) is 0 Å². The summed E-state index contributed by atoms with van der Waals surface area (Å²) in [5.74, 6) is 0. The van der Waals surface area contributed by atoms with Crippen molar-refractivity contribution in [2.45, 2.75) is 32.0 Å². The van der Waals surface area contributed by atoms with E-state index >= 15 is 0 Å². The van der Waals surface area contributed by atoms with Crippen LogP contribution >= 0.6 is 11.6 Å². The standard InChI is InChI=1S/C14H20ClNO2/c1-14(18-2)6-3-7-16(10-14)13-5-4-11(9-17)8-12(13)15/h4-5,8,17H,3,6-7,9-10H2,1-2H3. The predicted octanol–water partition coefficient (Wildman–Crippen LogP) is 2.84. The Kier molecular flexibility index (Phi) is 4.15. The minimum atomic E-state index is -0.1000. The lowest BCUT2D eigenvalue weighted by atomic mass is 9.94. The molecule has 18 heavy (non-hydrogen) atoms. The number of anilines is 1. The number of aliphatic hydroxyl groups is 1. The molecule has 0 saturated carbocycles. The molecule has 0 aliphatic carbocycles. The molecule has 1 aromatic rings. The first kappa shape index (κ1) is 13.7. The van der Waals surface area contributed by atoms with Gasteiger partial charge in [-0.05, 0) is 37.5 Å². The van der Waals surface area contributed by atoms with Crippen LogP contribution in [0.2, 0.25) is 5.02 Å². The van der Waals surface area contributed by atoms with Crippen molar-refractivity contribution < 1.29 is 9.84 Å². The summed E-state index contributed by atoms with van der Waals surface area (Å²) in [6, 6.07) is 5.73. The number of hydrogen-bond acceptors (Lipinski definition) is 3. The highest BCUT2D eigenvalue weighted by Gasteiger charge is 2.31. The van der Waals surface area contributed by atoms with Gasteiger partial charge in [-0.15, -0.1) is 0 Å². The molecule has 0 radical (unpaired) electrons. The summed E-state index contributed by atoms with van der Waals surface area (Å²) in [5, 5.41) is 9.79. The monoisotopic (exact) mass is 269 g/mol. The summed E-state index contributed by atoms with van der Waals surface area (Å²) in [6.07, 6.45) is 2.18. The zero-order chi connectivity index (χ0) is 13.2. The van der Waals surface area contributed by atoms with Crippen molar-refractivity contribution >= 4 is 17.3 Å². The highest BCUT2D eigenvalue weighted by Crippen LogP contribution is 2.32. The second kappa shape index (κ2) is 5.47. The molecular weight excluding hydrogens is 250 g/mol. The van der Waals surface area contributed by atoms with E-state index in [2.05, 4.69) is 11.8 Å². The molecule has 1 saturated heterocycles. The lowest BCUT2D eigenvalue weighted by Crippen LogP contribution is -2.47. The predicted molar refractivity (Wildman–Crippen MR) is 74.2 cm³/mol. The Morgan fingerprint density at radius 1 is 1.50 bits per heavy atom. The summed E-state index contributed by atoms with van der Waals surface area (Å²) in [5.41, 5.74) is 1.77. The first-order chi connectivity index (χ1) is 8.58. The van der Waals surface area contributed by atoms with Gasteiger partial charge >= 0.3 is 0 Å². The lowest BCUT2D eigenvalue weighted by molar-refractivity contribution is -0.00464. The van der Waals surface area contributed by atoms with Crippen LogP contribution < -0.4 is 4.90 Å². The summed E-state index contributed by atoms with van der Waals surface area (Å²) >= 11 is 6.28. The molecule has 1 heterocycles. The molecule has 0 amide bonds. The van der Waals surface area contributed by atoms with E-state index in [1.165, 1.54) is 0 Å². The molecule has 1 fully saturated rings. The van der Waals surface area contributed by atoms with Crippen LogP contribution in [-0.2, 0) is 11.3 Å². The SMILES string of the molecule is COC1(C)CCCN(c2ccc(CO)cc2Cl)C1. The van der Waals surface area contributed by atoms with Gasteiger partial charge in [0.15, 0.2) is 0 Å². The van der Waals surface area contributed by atoms with Crippen molar-refractivity contribution in [1.82, 2.24) is 0 Å². The number of methoxy groups -OCH3 is 1. The zero-order valence-corrected chi connectivity index (χ0v) is 11.7. The van der Waals surface area contributed by atoms with Crippen LogP contribution in [0.1, 0.15) is 25.3 Å². The maximum atomic E-state index is 9.09. The molecule has 0 spiro atoms. The molecule has 1 aliphatic heterocycles. The molecule has 1 unspecified atom stereocenters. The van der Waals surface area contributed by atoms with Crippen molar-refractivity contribution in [3.8, 4) is 0 Å². The third-order valence-corrected chi connectivity index (χ3v) is 3.99. The van der Waals surface area contributed by atoms with Crippen molar-refractivity contribution in [2.24, 2.45) is 0 Å². The van der Waals surface area contributed by atoms with Crippen LogP contribution in [0.15, 0.2) is 18.2 Å². The summed E-state index contributed by atoms with van der Waals surface area (Å²) in [7, 11) is 1.76. The Morgan fingerprint density at radius 2 is 2.28 bits per heavy atom. The fourth-order valence-corrected chi connectivity index (χ4v) is 2.81. The van der Waals surface area contributed by atoms with E-state index in [0.717, 1.165) is 37.2 Å². The average Bonchev–Trinajstić information content (AvgIpc) is 2.38. The molecule has 1 aliphatic rings. The second-order valence-corrected chi connectivity index (χ2v) is 5.53. The molecule has 1 atom stereocenters. The largest absolute Gasteiger partial charge is 0.392 e. The number of piperidine rings is 1. The van der Waals surface area contributed by atoms with Crippen LogP contribution in [0.25, 0.3) is 0 Å². The number of halogens is 1. The molecule has 4 heteroatoms. The van der Waals surface area contributed by atoms with Gasteiger partial charge in [-0.25, -0.2) is 0 Å². The molecule has 3 nitrogen and oxygen atoms in total. The number of aliphatic hydroxyl groups excluding tert-OH is 1. The maximum Gasteiger partial charge on any atom is 0.0825 e. The van der Waals surface area contributed by atoms with Crippen molar-refractivity contribution in [3.05, 3.63) is 28.8 Å². The number of rotatable bonds is 3. The number of hydrogen-bond donors (Lipinski definition) is 1. The maximum absolute atomic E-state index is 9.09. The molecule has 100 valence electrons. The third-order valence-electron chi connectivity index (χ3n) is 3.69. The Balaban J connectivity index is 2.21. The fourth-order valence-electron chi connectivity index (χ4n) is 2.48. The minimum Gasteiger partial charge on any atom is -0.392 e. The van der Waals surface area contributed by atoms with E-state index in [-0.39, 0.29) is 12.2 Å². The number of benzene rings is 1. The molecule has 1 N–H and O–H groups in total. The molecular formula is C14H20ClNO2. The van der Waals surface area contributed by atoms with Gasteiger partial charge in [-0.1, -0.05) is 17.7 Å². The van der Waals surface area contributed by atoms with Gasteiger partial charge in [0.1, 0.15) is 0 Å². The van der Waals surface area contributed by atoms with Crippen LogP contribution in [-0.4, -0.2) is 30.9 Å². The van der Waals surface area contributed by atoms with Gasteiger partial charge in [0.05, 0.1) is 22.9 Å². The first-order valence-corrected chi connectivity index (χ1v) is 6.65. The highest BCUT2D eigenvalue weighted by atomic mass is 35.5. The van der Waals surface area contributed by atoms with Crippen molar-refractivity contribution in [2.75, 3.05) is 25.1 Å². The van der Waals surface area contributed by atoms with Gasteiger partial charge in [0.25, 0.3) is 0 Å². The van der Waals surface area contributed by atoms with Gasteiger partial charge in [-0.3, -0.25) is 0 Å². The number of ether oxygens (including phenoxy) is 1. The van der Waals surface area contributed by atoms with Gasteiger partial charge < -0.3 is 14.7 Å². The first-order valence-electron chi connectivity index (χ1n) is 6.27. The van der Waals surface area contributed by atoms with E-state index in [4.69, 9.17) is 21.4 Å². The second-order valence-electron chi connectivity index (χ2n) is 5.12. The quantitative estimate of drug-likeness (QED) is 0.916. The smallest absolute Gasteiger partial charge is 0.0825 e. The van der Waals surface area contributed by atoms with Crippen LogP contribution in [0.3, 0.4) is 0 Å². The van der Waals surface area contributed by atoms with Gasteiger partial charge in [0.2, 0.25) is 0 Å². The number of nitrogens with zero attached hydrogens (tertiary/aromatic N) is 1. The van der Waals surface area contributed by atoms with E-state index < -0.39 is 0 Å². The van der Waals surface area contributed by atoms with E-state index in [9.17, 15) is 0 Å². The normalized spacial score (nSPS) is 24.3. The molecule has 2 rings (SSSR count). The average molecular weight is 270 g/mol. The Labute approximate surface area is 113 Å². The Hall–Kier alpha value is -0.770. The van der Waals surface area contributed by atoms with Gasteiger partial charge in [0, 0.05) is 20.2 Å². The van der Waals surface area contributed by atoms with E-state index in [1.807, 2.05) is 18.2 Å². The highest BCUT2D eigenvalue weighted by molar-refractivity contribution is 6.33. The summed E-state index contributed by atoms with van der Waals surface area (Å²) < 4.78 is 5.59. The van der Waals surface area contributed by atoms with Crippen LogP contribution in [0.5, 0.6) is 0 Å². The fraction of sp³-hybridized carbons (Fsp3) is 0.571. The topological polar surface area (TPSA) is 32.7 Å². The van der Waals surface area contributed by atoms with Crippen molar-refractivity contribution in [1.29, 1.82) is 0 Å². The molecule has 0 bridgehead atoms. The lowest BCUT2D eigenvalue weighted by Gasteiger charge is -2.41. The molecule has 0 aromatic heterocycles.